The molecule has 0 saturated carbocycles. The van der Waals surface area contributed by atoms with Gasteiger partial charge in [0.25, 0.3) is 5.91 Å². The van der Waals surface area contributed by atoms with E-state index in [1.807, 2.05) is 49.9 Å². The Kier molecular flexibility index (Phi) is 6.04. The van der Waals surface area contributed by atoms with Gasteiger partial charge >= 0.3 is 0 Å². The Morgan fingerprint density at radius 1 is 1.00 bits per heavy atom. The minimum atomic E-state index is -0.0625. The van der Waals surface area contributed by atoms with E-state index in [9.17, 15) is 4.79 Å². The van der Waals surface area contributed by atoms with Crippen molar-refractivity contribution in [1.29, 1.82) is 0 Å². The highest BCUT2D eigenvalue weighted by Gasteiger charge is 2.30. The van der Waals surface area contributed by atoms with Gasteiger partial charge in [-0.25, -0.2) is 9.97 Å². The van der Waals surface area contributed by atoms with Crippen molar-refractivity contribution in [1.82, 2.24) is 30.3 Å². The number of aromatic nitrogens is 4. The quantitative estimate of drug-likeness (QED) is 0.336. The van der Waals surface area contributed by atoms with Gasteiger partial charge in [-0.1, -0.05) is 5.16 Å². The van der Waals surface area contributed by atoms with Gasteiger partial charge in [-0.05, 0) is 45.0 Å². The molecule has 2 aliphatic rings. The van der Waals surface area contributed by atoms with E-state index < -0.39 is 0 Å². The zero-order valence-corrected chi connectivity index (χ0v) is 23.4. The van der Waals surface area contributed by atoms with Crippen molar-refractivity contribution in [2.75, 3.05) is 46.5 Å². The number of hydrogen-bond donors (Lipinski definition) is 2. The molecule has 0 radical (unpaired) electrons. The van der Waals surface area contributed by atoms with Crippen LogP contribution in [0.25, 0.3) is 44.3 Å². The second kappa shape index (κ2) is 9.77. The smallest absolute Gasteiger partial charge is 0.257 e. The number of H-pyrrole nitrogens is 1. The summed E-state index contributed by atoms with van der Waals surface area (Å²) in [5.74, 6) is 2.91. The number of benzene rings is 2. The number of methoxy groups -OCH3 is 1. The van der Waals surface area contributed by atoms with Crippen molar-refractivity contribution in [2.45, 2.75) is 20.8 Å². The number of piperazine rings is 1. The van der Waals surface area contributed by atoms with Gasteiger partial charge < -0.3 is 33.9 Å². The van der Waals surface area contributed by atoms with E-state index in [1.165, 1.54) is 0 Å². The van der Waals surface area contributed by atoms with Crippen LogP contribution in [-0.4, -0.2) is 77.4 Å². The molecule has 11 heteroatoms. The molecule has 210 valence electrons. The van der Waals surface area contributed by atoms with Crippen LogP contribution in [0, 0.1) is 20.8 Å². The summed E-state index contributed by atoms with van der Waals surface area (Å²) in [6.45, 7) is 9.23. The van der Waals surface area contributed by atoms with Crippen molar-refractivity contribution in [3.63, 3.8) is 0 Å². The van der Waals surface area contributed by atoms with Crippen molar-refractivity contribution in [2.24, 2.45) is 0 Å². The average molecular weight is 555 g/mol. The normalized spacial score (nSPS) is 15.1. The highest BCUT2D eigenvalue weighted by atomic mass is 16.6. The Hall–Kier alpha value is -4.64. The van der Waals surface area contributed by atoms with Gasteiger partial charge in [-0.3, -0.25) is 4.79 Å². The number of aromatic amines is 1. The monoisotopic (exact) mass is 554 g/mol. The van der Waals surface area contributed by atoms with Gasteiger partial charge in [-0.15, -0.1) is 0 Å². The van der Waals surface area contributed by atoms with Crippen LogP contribution in [-0.2, 0) is 0 Å². The van der Waals surface area contributed by atoms with E-state index in [4.69, 9.17) is 28.7 Å². The van der Waals surface area contributed by atoms with Crippen LogP contribution in [0.5, 0.6) is 17.2 Å². The third kappa shape index (κ3) is 4.07. The molecule has 5 aromatic rings. The number of aryl methyl sites for hydroxylation is 3. The number of ether oxygens (including phenoxy) is 3. The van der Waals surface area contributed by atoms with Crippen LogP contribution < -0.4 is 19.5 Å². The molecule has 1 saturated heterocycles. The number of hydrogen-bond acceptors (Lipinski definition) is 9. The van der Waals surface area contributed by atoms with Crippen LogP contribution in [0.15, 0.2) is 28.8 Å². The molecule has 3 aromatic heterocycles. The molecular weight excluding hydrogens is 524 g/mol. The predicted molar refractivity (Wildman–Crippen MR) is 153 cm³/mol. The topological polar surface area (TPSA) is 128 Å². The summed E-state index contributed by atoms with van der Waals surface area (Å²) >= 11 is 0. The van der Waals surface area contributed by atoms with Crippen LogP contribution in [0.4, 0.5) is 0 Å². The molecule has 41 heavy (non-hydrogen) atoms. The van der Waals surface area contributed by atoms with E-state index in [1.54, 1.807) is 7.11 Å². The molecule has 2 N–H and O–H groups in total. The highest BCUT2D eigenvalue weighted by molar-refractivity contribution is 6.14. The first kappa shape index (κ1) is 25.3. The summed E-state index contributed by atoms with van der Waals surface area (Å²) in [6, 6.07) is 7.75. The van der Waals surface area contributed by atoms with Crippen molar-refractivity contribution in [3.05, 3.63) is 47.1 Å². The van der Waals surface area contributed by atoms with E-state index >= 15 is 0 Å². The van der Waals surface area contributed by atoms with Crippen molar-refractivity contribution >= 4 is 27.8 Å². The lowest BCUT2D eigenvalue weighted by molar-refractivity contribution is 0.0725. The number of carbonyl (C=O) groups is 1. The van der Waals surface area contributed by atoms with E-state index in [2.05, 4.69) is 15.5 Å². The molecule has 2 aliphatic heterocycles. The van der Waals surface area contributed by atoms with Gasteiger partial charge in [0.05, 0.1) is 35.0 Å². The average Bonchev–Trinajstić information content (AvgIpc) is 3.52. The minimum Gasteiger partial charge on any atom is -0.496 e. The first-order valence-corrected chi connectivity index (χ1v) is 13.7. The number of fused-ring (bicyclic) bond motifs is 4. The van der Waals surface area contributed by atoms with Gasteiger partial charge in [0.1, 0.15) is 36.2 Å². The fraction of sp³-hybridized carbons (Fsp3) is 0.333. The molecule has 2 aromatic carbocycles. The molecule has 0 atom stereocenters. The molecule has 11 nitrogen and oxygen atoms in total. The Bertz CT molecular complexity index is 1820. The van der Waals surface area contributed by atoms with Crippen molar-refractivity contribution in [3.8, 4) is 39.6 Å². The summed E-state index contributed by atoms with van der Waals surface area (Å²) < 4.78 is 23.6. The molecule has 0 unspecified atom stereocenters. The van der Waals surface area contributed by atoms with E-state index in [0.29, 0.717) is 72.0 Å². The van der Waals surface area contributed by atoms with Crippen molar-refractivity contribution < 1.29 is 23.5 Å². The summed E-state index contributed by atoms with van der Waals surface area (Å²) in [5, 5.41) is 9.14. The van der Waals surface area contributed by atoms with Crippen LogP contribution in [0.2, 0.25) is 0 Å². The van der Waals surface area contributed by atoms with Gasteiger partial charge in [-0.2, -0.15) is 0 Å². The first-order chi connectivity index (χ1) is 19.9. The lowest BCUT2D eigenvalue weighted by Crippen LogP contribution is -2.46. The lowest BCUT2D eigenvalue weighted by atomic mass is 9.98. The Morgan fingerprint density at radius 2 is 1.78 bits per heavy atom. The fourth-order valence-corrected chi connectivity index (χ4v) is 5.89. The summed E-state index contributed by atoms with van der Waals surface area (Å²) in [4.78, 5) is 28.4. The van der Waals surface area contributed by atoms with E-state index in [0.717, 1.165) is 51.8 Å². The Balaban J connectivity index is 1.44. The number of nitrogens with zero attached hydrogens (tertiary/aromatic N) is 4. The first-order valence-electron chi connectivity index (χ1n) is 13.7. The van der Waals surface area contributed by atoms with Gasteiger partial charge in [0, 0.05) is 48.2 Å². The highest BCUT2D eigenvalue weighted by Crippen LogP contribution is 2.46. The van der Waals surface area contributed by atoms with Crippen LogP contribution in [0.1, 0.15) is 27.6 Å². The largest absolute Gasteiger partial charge is 0.496 e. The predicted octanol–water partition coefficient (Wildman–Crippen LogP) is 4.18. The molecular formula is C30H30N6O5. The molecule has 1 amide bonds. The second-order valence-electron chi connectivity index (χ2n) is 10.3. The third-order valence-corrected chi connectivity index (χ3v) is 7.76. The maximum atomic E-state index is 13.5. The second-order valence-corrected chi connectivity index (χ2v) is 10.3. The molecule has 0 aliphatic carbocycles. The Morgan fingerprint density at radius 3 is 2.51 bits per heavy atom. The molecule has 1 fully saturated rings. The zero-order valence-electron chi connectivity index (χ0n) is 23.4. The number of rotatable bonds is 4. The maximum absolute atomic E-state index is 13.5. The molecule has 0 spiro atoms. The number of carbonyl (C=O) groups excluding carboxylic acids is 1. The SMILES string of the molecule is COc1cc2c(cc1-c1c(C)noc1C)[nH]c1nc(C)nc(-c3ccc(C(=O)N4CCNCC4)c4c3OCCO4)c12. The number of nitrogens with one attached hydrogen (secondary N) is 2. The van der Waals surface area contributed by atoms with Crippen LogP contribution >= 0.6 is 0 Å². The van der Waals surface area contributed by atoms with Gasteiger partial charge in [0.15, 0.2) is 11.5 Å². The molecule has 7 rings (SSSR count). The fourth-order valence-electron chi connectivity index (χ4n) is 5.89. The van der Waals surface area contributed by atoms with E-state index in [-0.39, 0.29) is 5.91 Å². The van der Waals surface area contributed by atoms with Gasteiger partial charge in [0.2, 0.25) is 0 Å². The third-order valence-electron chi connectivity index (χ3n) is 7.76. The summed E-state index contributed by atoms with van der Waals surface area (Å²) in [5.41, 5.74) is 6.04. The Labute approximate surface area is 235 Å². The lowest BCUT2D eigenvalue weighted by Gasteiger charge is -2.29. The standard InChI is InChI=1S/C30H30N6O5/c1-15-24(16(2)41-35-15)21-13-22-20(14-23(21)38-4)25-26(32-17(3)33-29(25)34-22)18-5-6-19(28-27(18)39-11-12-40-28)30(37)36-9-7-31-8-10-36/h5-6,13-14,31H,7-12H2,1-4H3,(H,32,33,34). The molecule has 5 heterocycles. The molecule has 0 bridgehead atoms. The summed E-state index contributed by atoms with van der Waals surface area (Å²) in [6.07, 6.45) is 0. The number of amides is 1. The zero-order chi connectivity index (χ0) is 28.2. The summed E-state index contributed by atoms with van der Waals surface area (Å²) in [7, 11) is 1.65. The van der Waals surface area contributed by atoms with Crippen LogP contribution in [0.3, 0.4) is 0 Å². The minimum absolute atomic E-state index is 0.0625. The maximum Gasteiger partial charge on any atom is 0.257 e.